The Balaban J connectivity index is 1.90. The van der Waals surface area contributed by atoms with Crippen LogP contribution in [-0.2, 0) is 16.0 Å². The van der Waals surface area contributed by atoms with Crippen molar-refractivity contribution in [2.24, 2.45) is 0 Å². The van der Waals surface area contributed by atoms with E-state index in [2.05, 4.69) is 0 Å². The largest absolute Gasteiger partial charge is 0.299 e. The Bertz CT molecular complexity index is 384. The summed E-state index contributed by atoms with van der Waals surface area (Å²) < 4.78 is 0. The summed E-state index contributed by atoms with van der Waals surface area (Å²) in [5.74, 6) is 0.353. The normalized spacial score (nSPS) is 10.5. The van der Waals surface area contributed by atoms with Crippen molar-refractivity contribution < 1.29 is 9.59 Å². The maximum absolute atomic E-state index is 11.8. The first-order valence-corrected chi connectivity index (χ1v) is 8.23. The summed E-state index contributed by atoms with van der Waals surface area (Å²) in [6.07, 6.45) is 13.0. The molecule has 2 nitrogen and oxygen atoms in total. The van der Waals surface area contributed by atoms with Crippen LogP contribution in [0.2, 0.25) is 0 Å². The van der Waals surface area contributed by atoms with Gasteiger partial charge in [-0.3, -0.25) is 9.59 Å². The second-order valence-corrected chi connectivity index (χ2v) is 5.67. The van der Waals surface area contributed by atoms with Crippen LogP contribution in [0.4, 0.5) is 0 Å². The summed E-state index contributed by atoms with van der Waals surface area (Å²) in [4.78, 5) is 21.8. The van der Waals surface area contributed by atoms with Crippen LogP contribution in [0.3, 0.4) is 0 Å². The van der Waals surface area contributed by atoms with Crippen molar-refractivity contribution in [3.8, 4) is 0 Å². The van der Waals surface area contributed by atoms with Gasteiger partial charge in [0.15, 0.2) is 6.29 Å². The molecule has 0 bridgehead atoms. The molecule has 1 aromatic carbocycles. The number of carbonyl (C=O) groups excluding carboxylic acids is 2. The van der Waals surface area contributed by atoms with Gasteiger partial charge in [0.1, 0.15) is 5.78 Å². The zero-order valence-electron chi connectivity index (χ0n) is 13.0. The van der Waals surface area contributed by atoms with Gasteiger partial charge < -0.3 is 0 Å². The Morgan fingerprint density at radius 1 is 0.810 bits per heavy atom. The van der Waals surface area contributed by atoms with Crippen LogP contribution < -0.4 is 0 Å². The Labute approximate surface area is 128 Å². The fourth-order valence-electron chi connectivity index (χ4n) is 2.49. The van der Waals surface area contributed by atoms with E-state index >= 15 is 0 Å². The van der Waals surface area contributed by atoms with E-state index in [1.807, 2.05) is 36.6 Å². The first kappa shape index (κ1) is 17.6. The van der Waals surface area contributed by atoms with Crippen molar-refractivity contribution in [2.45, 2.75) is 70.6 Å². The topological polar surface area (TPSA) is 34.1 Å². The van der Waals surface area contributed by atoms with Crippen molar-refractivity contribution >= 4 is 12.1 Å². The fourth-order valence-corrected chi connectivity index (χ4v) is 2.49. The van der Waals surface area contributed by atoms with Crippen LogP contribution in [-0.4, -0.2) is 12.1 Å². The zero-order chi connectivity index (χ0) is 15.2. The van der Waals surface area contributed by atoms with Crippen LogP contribution in [0.25, 0.3) is 0 Å². The van der Waals surface area contributed by atoms with Crippen molar-refractivity contribution in [1.82, 2.24) is 0 Å². The van der Waals surface area contributed by atoms with E-state index in [9.17, 15) is 9.59 Å². The third-order valence-electron chi connectivity index (χ3n) is 3.73. The number of hydrogen-bond donors (Lipinski definition) is 0. The molecule has 115 valence electrons. The number of hydrogen-bond acceptors (Lipinski definition) is 2. The molecule has 0 fully saturated rings. The van der Waals surface area contributed by atoms with Gasteiger partial charge in [-0.15, -0.1) is 0 Å². The van der Waals surface area contributed by atoms with Gasteiger partial charge in [0.05, 0.1) is 0 Å². The third-order valence-corrected chi connectivity index (χ3v) is 3.73. The molecule has 0 saturated carbocycles. The molecule has 0 aliphatic heterocycles. The number of benzene rings is 1. The van der Waals surface area contributed by atoms with Gasteiger partial charge in [-0.25, -0.2) is 0 Å². The highest BCUT2D eigenvalue weighted by atomic mass is 16.1. The standard InChI is InChI=1S/C19H27O2/c20-16-12-7-5-3-1-2-4-6-11-15-19(21)17-18-13-9-8-10-14-18/h8-10,13-14H,1-7,11-12,15,17H2. The monoisotopic (exact) mass is 287 g/mol. The van der Waals surface area contributed by atoms with Crippen LogP contribution in [0.1, 0.15) is 69.8 Å². The molecule has 0 unspecified atom stereocenters. The second kappa shape index (κ2) is 12.3. The first-order valence-electron chi connectivity index (χ1n) is 8.23. The molecule has 0 amide bonds. The predicted octanol–water partition coefficient (Wildman–Crippen LogP) is 4.81. The van der Waals surface area contributed by atoms with Gasteiger partial charge in [0.25, 0.3) is 0 Å². The minimum Gasteiger partial charge on any atom is -0.299 e. The van der Waals surface area contributed by atoms with E-state index in [0.717, 1.165) is 31.2 Å². The van der Waals surface area contributed by atoms with E-state index in [1.165, 1.54) is 25.7 Å². The van der Waals surface area contributed by atoms with Crippen molar-refractivity contribution in [2.75, 3.05) is 0 Å². The molecule has 0 saturated heterocycles. The van der Waals surface area contributed by atoms with E-state index in [1.54, 1.807) is 0 Å². The van der Waals surface area contributed by atoms with Crippen LogP contribution in [0, 0.1) is 0 Å². The van der Waals surface area contributed by atoms with Gasteiger partial charge in [0, 0.05) is 19.3 Å². The highest BCUT2D eigenvalue weighted by molar-refractivity contribution is 5.80. The summed E-state index contributed by atoms with van der Waals surface area (Å²) in [7, 11) is 0. The maximum atomic E-state index is 11.8. The molecular formula is C19H27O2. The van der Waals surface area contributed by atoms with Gasteiger partial charge in [-0.05, 0) is 18.4 Å². The highest BCUT2D eigenvalue weighted by Gasteiger charge is 2.03. The van der Waals surface area contributed by atoms with Gasteiger partial charge >= 0.3 is 0 Å². The molecule has 0 aliphatic rings. The van der Waals surface area contributed by atoms with E-state index in [-0.39, 0.29) is 0 Å². The quantitative estimate of drug-likeness (QED) is 0.488. The molecule has 0 atom stereocenters. The minimum absolute atomic E-state index is 0.353. The third kappa shape index (κ3) is 10.0. The SMILES string of the molecule is O=[C]CCCCCCCCCCC(=O)Cc1ccccc1. The Hall–Kier alpha value is -1.44. The van der Waals surface area contributed by atoms with E-state index in [4.69, 9.17) is 0 Å². The summed E-state index contributed by atoms with van der Waals surface area (Å²) in [6, 6.07) is 9.97. The summed E-state index contributed by atoms with van der Waals surface area (Å²) >= 11 is 0. The first-order chi connectivity index (χ1) is 10.3. The maximum Gasteiger partial charge on any atom is 0.198 e. The Kier molecular flexibility index (Phi) is 10.3. The molecule has 1 aromatic rings. The molecule has 0 N–H and O–H groups in total. The molecule has 1 radical (unpaired) electrons. The lowest BCUT2D eigenvalue weighted by Gasteiger charge is -2.03. The highest BCUT2D eigenvalue weighted by Crippen LogP contribution is 2.11. The van der Waals surface area contributed by atoms with Crippen LogP contribution in [0.5, 0.6) is 0 Å². The van der Waals surface area contributed by atoms with Gasteiger partial charge in [-0.1, -0.05) is 68.9 Å². The number of carbonyl (C=O) groups is 1. The molecule has 21 heavy (non-hydrogen) atoms. The summed E-state index contributed by atoms with van der Waals surface area (Å²) in [6.45, 7) is 0. The van der Waals surface area contributed by atoms with E-state index in [0.29, 0.717) is 25.0 Å². The molecule has 2 heteroatoms. The Morgan fingerprint density at radius 3 is 2.00 bits per heavy atom. The average molecular weight is 287 g/mol. The lowest BCUT2D eigenvalue weighted by molar-refractivity contribution is -0.118. The Morgan fingerprint density at radius 2 is 1.38 bits per heavy atom. The second-order valence-electron chi connectivity index (χ2n) is 5.67. The molecule has 0 heterocycles. The molecule has 0 aliphatic carbocycles. The lowest BCUT2D eigenvalue weighted by atomic mass is 10.0. The average Bonchev–Trinajstić information content (AvgIpc) is 2.50. The fraction of sp³-hybridized carbons (Fsp3) is 0.579. The van der Waals surface area contributed by atoms with Crippen LogP contribution >= 0.6 is 0 Å². The molecule has 0 spiro atoms. The number of unbranched alkanes of at least 4 members (excludes halogenated alkanes) is 8. The molecular weight excluding hydrogens is 260 g/mol. The van der Waals surface area contributed by atoms with Crippen molar-refractivity contribution in [3.63, 3.8) is 0 Å². The zero-order valence-corrected chi connectivity index (χ0v) is 13.0. The summed E-state index contributed by atoms with van der Waals surface area (Å²) in [5, 5.41) is 0. The van der Waals surface area contributed by atoms with Gasteiger partial charge in [-0.2, -0.15) is 0 Å². The smallest absolute Gasteiger partial charge is 0.198 e. The van der Waals surface area contributed by atoms with E-state index < -0.39 is 0 Å². The van der Waals surface area contributed by atoms with Crippen LogP contribution in [0.15, 0.2) is 30.3 Å². The molecule has 1 rings (SSSR count). The number of ketones is 1. The number of Topliss-reactive ketones (excluding diaryl/α,β-unsaturated/α-hetero) is 1. The van der Waals surface area contributed by atoms with Crippen molar-refractivity contribution in [1.29, 1.82) is 0 Å². The lowest BCUT2D eigenvalue weighted by Crippen LogP contribution is -2.02. The molecule has 0 aromatic heterocycles. The predicted molar refractivity (Wildman–Crippen MR) is 87.0 cm³/mol. The summed E-state index contributed by atoms with van der Waals surface area (Å²) in [5.41, 5.74) is 1.12. The van der Waals surface area contributed by atoms with Gasteiger partial charge in [0.2, 0.25) is 0 Å². The van der Waals surface area contributed by atoms with Crippen molar-refractivity contribution in [3.05, 3.63) is 35.9 Å². The number of rotatable bonds is 13. The minimum atomic E-state index is 0.353.